The lowest BCUT2D eigenvalue weighted by Crippen LogP contribution is -2.53. The number of carbonyl (C=O) groups is 4. The van der Waals surface area contributed by atoms with Crippen molar-refractivity contribution in [2.24, 2.45) is 11.7 Å². The van der Waals surface area contributed by atoms with E-state index < -0.39 is 35.7 Å². The van der Waals surface area contributed by atoms with Gasteiger partial charge in [0.1, 0.15) is 11.6 Å². The summed E-state index contributed by atoms with van der Waals surface area (Å²) in [6.07, 6.45) is -0.759. The van der Waals surface area contributed by atoms with Crippen LogP contribution in [0.3, 0.4) is 0 Å². The van der Waals surface area contributed by atoms with E-state index in [1.165, 1.54) is 19.2 Å². The number of esters is 3. The van der Waals surface area contributed by atoms with E-state index >= 15 is 0 Å². The van der Waals surface area contributed by atoms with Gasteiger partial charge in [0, 0.05) is 25.7 Å². The number of rotatable bonds is 13. The number of carbonyl (C=O) groups excluding carboxylic acids is 4. The quantitative estimate of drug-likeness (QED) is 0.318. The molecule has 0 fully saturated rings. The Hall–Kier alpha value is -3.14. The number of benzene rings is 1. The SMILES string of the molecule is CCC(=O)Oc1ccc(CC(N)(C[C@H](C)OC(=O)OCCC(C)C)C(=O)OC)cc1OC(=O)CC. The second-order valence-electron chi connectivity index (χ2n) is 8.67. The Labute approximate surface area is 206 Å². The van der Waals surface area contributed by atoms with E-state index in [9.17, 15) is 19.2 Å². The first-order valence-corrected chi connectivity index (χ1v) is 11.7. The van der Waals surface area contributed by atoms with Gasteiger partial charge in [0.15, 0.2) is 11.5 Å². The van der Waals surface area contributed by atoms with Crippen molar-refractivity contribution in [3.63, 3.8) is 0 Å². The van der Waals surface area contributed by atoms with Crippen LogP contribution < -0.4 is 15.2 Å². The molecule has 0 spiro atoms. The van der Waals surface area contributed by atoms with Crippen LogP contribution in [0.15, 0.2) is 18.2 Å². The van der Waals surface area contributed by atoms with E-state index in [1.54, 1.807) is 26.8 Å². The van der Waals surface area contributed by atoms with Crippen molar-refractivity contribution in [1.82, 2.24) is 0 Å². The molecule has 1 unspecified atom stereocenters. The van der Waals surface area contributed by atoms with Crippen LogP contribution in [0.1, 0.15) is 65.9 Å². The lowest BCUT2D eigenvalue weighted by atomic mass is 9.86. The third kappa shape index (κ3) is 10.3. The monoisotopic (exact) mass is 495 g/mol. The van der Waals surface area contributed by atoms with Crippen LogP contribution in [0, 0.1) is 5.92 Å². The maximum absolute atomic E-state index is 12.6. The molecule has 196 valence electrons. The summed E-state index contributed by atoms with van der Waals surface area (Å²) in [5.74, 6) is -1.27. The summed E-state index contributed by atoms with van der Waals surface area (Å²) in [7, 11) is 1.21. The summed E-state index contributed by atoms with van der Waals surface area (Å²) >= 11 is 0. The Morgan fingerprint density at radius 1 is 0.971 bits per heavy atom. The highest BCUT2D eigenvalue weighted by molar-refractivity contribution is 5.81. The average Bonchev–Trinajstić information content (AvgIpc) is 2.79. The van der Waals surface area contributed by atoms with Crippen LogP contribution in [0.25, 0.3) is 0 Å². The Morgan fingerprint density at radius 2 is 1.57 bits per heavy atom. The molecule has 10 nitrogen and oxygen atoms in total. The van der Waals surface area contributed by atoms with E-state index in [4.69, 9.17) is 29.4 Å². The maximum Gasteiger partial charge on any atom is 0.508 e. The van der Waals surface area contributed by atoms with Gasteiger partial charge >= 0.3 is 24.1 Å². The minimum absolute atomic E-state index is 0.0291. The highest BCUT2D eigenvalue weighted by atomic mass is 16.7. The van der Waals surface area contributed by atoms with Gasteiger partial charge in [-0.05, 0) is 37.0 Å². The van der Waals surface area contributed by atoms with Crippen molar-refractivity contribution in [3.05, 3.63) is 23.8 Å². The summed E-state index contributed by atoms with van der Waals surface area (Å²) in [5, 5.41) is 0. The Kier molecular flexibility index (Phi) is 12.2. The number of ether oxygens (including phenoxy) is 5. The van der Waals surface area contributed by atoms with Gasteiger partial charge in [0.05, 0.1) is 13.7 Å². The smallest absolute Gasteiger partial charge is 0.468 e. The van der Waals surface area contributed by atoms with Gasteiger partial charge in [-0.3, -0.25) is 14.4 Å². The van der Waals surface area contributed by atoms with Crippen molar-refractivity contribution in [3.8, 4) is 11.5 Å². The molecule has 1 aromatic carbocycles. The summed E-state index contributed by atoms with van der Waals surface area (Å²) in [5.41, 5.74) is 5.36. The van der Waals surface area contributed by atoms with Crippen molar-refractivity contribution >= 4 is 24.1 Å². The van der Waals surface area contributed by atoms with Gasteiger partial charge in [0.25, 0.3) is 0 Å². The molecule has 0 saturated heterocycles. The molecule has 0 aliphatic carbocycles. The van der Waals surface area contributed by atoms with Crippen molar-refractivity contribution in [2.75, 3.05) is 13.7 Å². The molecule has 0 aliphatic heterocycles. The molecule has 2 atom stereocenters. The molecule has 0 bridgehead atoms. The van der Waals surface area contributed by atoms with Gasteiger partial charge in [-0.2, -0.15) is 0 Å². The predicted molar refractivity (Wildman–Crippen MR) is 127 cm³/mol. The molecule has 1 rings (SSSR count). The lowest BCUT2D eigenvalue weighted by Gasteiger charge is -2.29. The van der Waals surface area contributed by atoms with Crippen LogP contribution in [0.4, 0.5) is 4.79 Å². The second-order valence-corrected chi connectivity index (χ2v) is 8.67. The number of nitrogens with two attached hydrogens (primary N) is 1. The zero-order valence-electron chi connectivity index (χ0n) is 21.4. The standard InChI is InChI=1S/C25H37NO9/c1-7-21(27)34-19-10-9-18(13-20(19)35-22(28)8-2)15-25(26,23(29)31-6)14-17(5)33-24(30)32-12-11-16(3)4/h9-10,13,16-17H,7-8,11-12,14-15,26H2,1-6H3/t17-,25?/m0/s1. The van der Waals surface area contributed by atoms with Crippen molar-refractivity contribution < 1.29 is 42.9 Å². The molecule has 35 heavy (non-hydrogen) atoms. The van der Waals surface area contributed by atoms with Crippen molar-refractivity contribution in [1.29, 1.82) is 0 Å². The van der Waals surface area contributed by atoms with Crippen LogP contribution >= 0.6 is 0 Å². The van der Waals surface area contributed by atoms with E-state index in [0.29, 0.717) is 17.9 Å². The van der Waals surface area contributed by atoms with Gasteiger partial charge < -0.3 is 29.4 Å². The molecule has 0 aromatic heterocycles. The summed E-state index contributed by atoms with van der Waals surface area (Å²) < 4.78 is 25.7. The molecule has 0 saturated carbocycles. The average molecular weight is 496 g/mol. The van der Waals surface area contributed by atoms with Gasteiger partial charge in [-0.1, -0.05) is 33.8 Å². The molecule has 0 aliphatic rings. The van der Waals surface area contributed by atoms with Crippen LogP contribution in [0.2, 0.25) is 0 Å². The third-order valence-corrected chi connectivity index (χ3v) is 5.01. The van der Waals surface area contributed by atoms with Crippen molar-refractivity contribution in [2.45, 2.75) is 78.4 Å². The summed E-state index contributed by atoms with van der Waals surface area (Å²) in [6.45, 7) is 9.09. The molecule has 2 N–H and O–H groups in total. The first-order valence-electron chi connectivity index (χ1n) is 11.7. The van der Waals surface area contributed by atoms with E-state index in [2.05, 4.69) is 0 Å². The van der Waals surface area contributed by atoms with Crippen LogP contribution in [-0.4, -0.2) is 49.4 Å². The summed E-state index contributed by atoms with van der Waals surface area (Å²) in [6, 6.07) is 4.53. The lowest BCUT2D eigenvalue weighted by molar-refractivity contribution is -0.148. The number of methoxy groups -OCH3 is 1. The van der Waals surface area contributed by atoms with E-state index in [1.807, 2.05) is 13.8 Å². The van der Waals surface area contributed by atoms with E-state index in [0.717, 1.165) is 0 Å². The van der Waals surface area contributed by atoms with Gasteiger partial charge in [-0.15, -0.1) is 0 Å². The minimum atomic E-state index is -1.57. The van der Waals surface area contributed by atoms with Gasteiger partial charge in [-0.25, -0.2) is 4.79 Å². The summed E-state index contributed by atoms with van der Waals surface area (Å²) in [4.78, 5) is 48.2. The Balaban J connectivity index is 3.06. The largest absolute Gasteiger partial charge is 0.508 e. The molecule has 10 heteroatoms. The highest BCUT2D eigenvalue weighted by Crippen LogP contribution is 2.31. The molecular formula is C25H37NO9. The zero-order chi connectivity index (χ0) is 26.6. The molecule has 0 radical (unpaired) electrons. The Bertz CT molecular complexity index is 884. The maximum atomic E-state index is 12.6. The zero-order valence-corrected chi connectivity index (χ0v) is 21.4. The fourth-order valence-electron chi connectivity index (χ4n) is 3.14. The first kappa shape index (κ1) is 29.9. The normalized spacial score (nSPS) is 13.4. The molecular weight excluding hydrogens is 458 g/mol. The third-order valence-electron chi connectivity index (χ3n) is 5.01. The molecule has 0 heterocycles. The molecule has 0 amide bonds. The number of hydrogen-bond acceptors (Lipinski definition) is 10. The predicted octanol–water partition coefficient (Wildman–Crippen LogP) is 3.71. The number of hydrogen-bond donors (Lipinski definition) is 1. The minimum Gasteiger partial charge on any atom is -0.468 e. The molecule has 1 aromatic rings. The van der Waals surface area contributed by atoms with Crippen LogP contribution in [-0.2, 0) is 35.0 Å². The van der Waals surface area contributed by atoms with Crippen LogP contribution in [0.5, 0.6) is 11.5 Å². The highest BCUT2D eigenvalue weighted by Gasteiger charge is 2.38. The Morgan fingerprint density at radius 3 is 2.11 bits per heavy atom. The van der Waals surface area contributed by atoms with E-state index in [-0.39, 0.29) is 43.8 Å². The second kappa shape index (κ2) is 14.3. The topological polar surface area (TPSA) is 140 Å². The first-order chi connectivity index (χ1) is 16.4. The fraction of sp³-hybridized carbons (Fsp3) is 0.600. The fourth-order valence-corrected chi connectivity index (χ4v) is 3.14. The van der Waals surface area contributed by atoms with Gasteiger partial charge in [0.2, 0.25) is 0 Å².